The predicted octanol–water partition coefficient (Wildman–Crippen LogP) is 2.65. The minimum Gasteiger partial charge on any atom is -0.493 e. The highest BCUT2D eigenvalue weighted by Gasteiger charge is 2.15. The molecule has 0 bridgehead atoms. The molecular weight excluding hydrogens is 340 g/mol. The van der Waals surface area contributed by atoms with Gasteiger partial charge in [0.25, 0.3) is 5.91 Å². The Morgan fingerprint density at radius 1 is 1.00 bits per heavy atom. The fraction of sp³-hybridized carbons (Fsp3) is 0.409. The molecule has 146 valence electrons. The second-order valence-electron chi connectivity index (χ2n) is 7.88. The lowest BCUT2D eigenvalue weighted by atomic mass is 9.87. The van der Waals surface area contributed by atoms with Crippen molar-refractivity contribution in [2.75, 3.05) is 33.1 Å². The fourth-order valence-electron chi connectivity index (χ4n) is 2.93. The number of methoxy groups -OCH3 is 2. The second-order valence-corrected chi connectivity index (χ2v) is 7.88. The van der Waals surface area contributed by atoms with E-state index in [1.807, 2.05) is 7.05 Å². The number of rotatable bonds is 7. The summed E-state index contributed by atoms with van der Waals surface area (Å²) in [6.45, 7) is 7.80. The summed E-state index contributed by atoms with van der Waals surface area (Å²) >= 11 is 0. The Labute approximate surface area is 162 Å². The summed E-state index contributed by atoms with van der Waals surface area (Å²) in [5.41, 5.74) is 3.38. The van der Waals surface area contributed by atoms with Crippen molar-refractivity contribution in [2.24, 2.45) is 0 Å². The van der Waals surface area contributed by atoms with E-state index >= 15 is 0 Å². The van der Waals surface area contributed by atoms with Crippen molar-refractivity contribution < 1.29 is 19.2 Å². The van der Waals surface area contributed by atoms with E-state index in [1.165, 1.54) is 11.1 Å². The number of ether oxygens (including phenoxy) is 2. The van der Waals surface area contributed by atoms with Gasteiger partial charge >= 0.3 is 0 Å². The molecule has 0 aliphatic rings. The Bertz CT molecular complexity index is 764. The molecule has 1 amide bonds. The first-order valence-corrected chi connectivity index (χ1v) is 9.15. The average Bonchev–Trinajstić information content (AvgIpc) is 2.61. The zero-order chi connectivity index (χ0) is 20.0. The summed E-state index contributed by atoms with van der Waals surface area (Å²) in [7, 11) is 5.18. The molecule has 1 unspecified atom stereocenters. The number of carbonyl (C=O) groups is 1. The van der Waals surface area contributed by atoms with Gasteiger partial charge in [-0.15, -0.1) is 0 Å². The number of benzene rings is 2. The molecule has 0 heterocycles. The molecule has 0 aliphatic heterocycles. The van der Waals surface area contributed by atoms with E-state index in [1.54, 1.807) is 32.4 Å². The maximum absolute atomic E-state index is 12.3. The molecule has 2 rings (SSSR count). The van der Waals surface area contributed by atoms with Crippen molar-refractivity contribution in [3.63, 3.8) is 0 Å². The number of carbonyl (C=O) groups excluding carboxylic acids is 1. The maximum atomic E-state index is 12.3. The summed E-state index contributed by atoms with van der Waals surface area (Å²) < 4.78 is 10.5. The van der Waals surface area contributed by atoms with Crippen molar-refractivity contribution in [2.45, 2.75) is 32.7 Å². The molecule has 0 saturated carbocycles. The van der Waals surface area contributed by atoms with E-state index in [9.17, 15) is 4.79 Å². The van der Waals surface area contributed by atoms with Crippen LogP contribution in [0.4, 0.5) is 5.69 Å². The third-order valence-electron chi connectivity index (χ3n) is 4.46. The van der Waals surface area contributed by atoms with Crippen molar-refractivity contribution >= 4 is 11.6 Å². The highest BCUT2D eigenvalue weighted by molar-refractivity contribution is 5.91. The van der Waals surface area contributed by atoms with Gasteiger partial charge in [0.1, 0.15) is 6.54 Å². The summed E-state index contributed by atoms with van der Waals surface area (Å²) in [4.78, 5) is 13.5. The van der Waals surface area contributed by atoms with Crippen LogP contribution >= 0.6 is 0 Å². The van der Waals surface area contributed by atoms with Crippen LogP contribution in [0.3, 0.4) is 0 Å². The Balaban J connectivity index is 1.92. The van der Waals surface area contributed by atoms with Crippen molar-refractivity contribution in [1.82, 2.24) is 0 Å². The highest BCUT2D eigenvalue weighted by atomic mass is 16.5. The zero-order valence-corrected chi connectivity index (χ0v) is 17.2. The van der Waals surface area contributed by atoms with E-state index in [4.69, 9.17) is 9.47 Å². The lowest BCUT2D eigenvalue weighted by Gasteiger charge is -2.20. The Hall–Kier alpha value is -2.53. The SMILES string of the molecule is COc1ccc(NC(=O)C[NH+](C)Cc2ccc(C(C)(C)C)cc2)cc1OC. The smallest absolute Gasteiger partial charge is 0.279 e. The zero-order valence-electron chi connectivity index (χ0n) is 17.2. The van der Waals surface area contributed by atoms with Gasteiger partial charge < -0.3 is 19.7 Å². The molecule has 0 radical (unpaired) electrons. The molecule has 2 aromatic rings. The van der Waals surface area contributed by atoms with Gasteiger partial charge in [0.2, 0.25) is 0 Å². The van der Waals surface area contributed by atoms with Gasteiger partial charge in [0.15, 0.2) is 18.0 Å². The van der Waals surface area contributed by atoms with Gasteiger partial charge in [-0.2, -0.15) is 0 Å². The summed E-state index contributed by atoms with van der Waals surface area (Å²) in [6.07, 6.45) is 0. The summed E-state index contributed by atoms with van der Waals surface area (Å²) in [5.74, 6) is 1.19. The van der Waals surface area contributed by atoms with Gasteiger partial charge in [-0.25, -0.2) is 0 Å². The van der Waals surface area contributed by atoms with Crippen molar-refractivity contribution in [3.05, 3.63) is 53.6 Å². The first-order chi connectivity index (χ1) is 12.7. The monoisotopic (exact) mass is 371 g/mol. The molecule has 2 N–H and O–H groups in total. The van der Waals surface area contributed by atoms with E-state index < -0.39 is 0 Å². The Morgan fingerprint density at radius 2 is 1.63 bits per heavy atom. The molecule has 0 saturated heterocycles. The number of amides is 1. The number of likely N-dealkylation sites (N-methyl/N-ethyl adjacent to an activating group) is 1. The predicted molar refractivity (Wildman–Crippen MR) is 109 cm³/mol. The third kappa shape index (κ3) is 6.00. The van der Waals surface area contributed by atoms with Crippen molar-refractivity contribution in [3.8, 4) is 11.5 Å². The van der Waals surface area contributed by atoms with Crippen LogP contribution in [0.2, 0.25) is 0 Å². The highest BCUT2D eigenvalue weighted by Crippen LogP contribution is 2.29. The molecule has 27 heavy (non-hydrogen) atoms. The van der Waals surface area contributed by atoms with Crippen LogP contribution < -0.4 is 19.7 Å². The fourth-order valence-corrected chi connectivity index (χ4v) is 2.93. The van der Waals surface area contributed by atoms with Crippen LogP contribution in [-0.2, 0) is 16.8 Å². The molecule has 5 nitrogen and oxygen atoms in total. The van der Waals surface area contributed by atoms with E-state index in [2.05, 4.69) is 50.4 Å². The van der Waals surface area contributed by atoms with Gasteiger partial charge in [-0.05, 0) is 23.1 Å². The number of nitrogens with one attached hydrogen (secondary N) is 2. The Morgan fingerprint density at radius 3 is 2.19 bits per heavy atom. The number of hydrogen-bond donors (Lipinski definition) is 2. The third-order valence-corrected chi connectivity index (χ3v) is 4.46. The molecule has 0 aromatic heterocycles. The summed E-state index contributed by atoms with van der Waals surface area (Å²) in [5, 5.41) is 2.92. The lowest BCUT2D eigenvalue weighted by Crippen LogP contribution is -3.08. The molecule has 1 atom stereocenters. The number of quaternary nitrogens is 1. The summed E-state index contributed by atoms with van der Waals surface area (Å²) in [6, 6.07) is 14.0. The molecule has 2 aromatic carbocycles. The quantitative estimate of drug-likeness (QED) is 0.787. The average molecular weight is 372 g/mol. The van der Waals surface area contributed by atoms with Crippen LogP contribution in [0.5, 0.6) is 11.5 Å². The van der Waals surface area contributed by atoms with Gasteiger partial charge in [-0.1, -0.05) is 45.0 Å². The molecular formula is C22H31N2O3+. The second kappa shape index (κ2) is 8.91. The van der Waals surface area contributed by atoms with Crippen LogP contribution in [-0.4, -0.2) is 33.7 Å². The minimum atomic E-state index is -0.0361. The van der Waals surface area contributed by atoms with Gasteiger partial charge in [-0.3, -0.25) is 4.79 Å². The van der Waals surface area contributed by atoms with E-state index in [0.29, 0.717) is 23.7 Å². The number of hydrogen-bond acceptors (Lipinski definition) is 3. The van der Waals surface area contributed by atoms with Crippen LogP contribution in [0.25, 0.3) is 0 Å². The van der Waals surface area contributed by atoms with Gasteiger partial charge in [0, 0.05) is 17.3 Å². The molecule has 0 aliphatic carbocycles. The normalized spacial score (nSPS) is 12.4. The molecule has 0 spiro atoms. The Kier molecular flexibility index (Phi) is 6.86. The molecule has 0 fully saturated rings. The standard InChI is InChI=1S/C22H30N2O3/c1-22(2,3)17-9-7-16(8-10-17)14-24(4)15-21(25)23-18-11-12-19(26-5)20(13-18)27-6/h7-13H,14-15H2,1-6H3,(H,23,25)/p+1. The molecule has 5 heteroatoms. The topological polar surface area (TPSA) is 52.0 Å². The van der Waals surface area contributed by atoms with Crippen LogP contribution in [0.15, 0.2) is 42.5 Å². The van der Waals surface area contributed by atoms with Crippen molar-refractivity contribution in [1.29, 1.82) is 0 Å². The lowest BCUT2D eigenvalue weighted by molar-refractivity contribution is -0.885. The number of anilines is 1. The van der Waals surface area contributed by atoms with E-state index in [0.717, 1.165) is 11.4 Å². The van der Waals surface area contributed by atoms with Gasteiger partial charge in [0.05, 0.1) is 21.3 Å². The minimum absolute atomic E-state index is 0.0361. The first-order valence-electron chi connectivity index (χ1n) is 9.15. The first kappa shape index (κ1) is 20.8. The maximum Gasteiger partial charge on any atom is 0.279 e. The largest absolute Gasteiger partial charge is 0.493 e. The van der Waals surface area contributed by atoms with Crippen LogP contribution in [0.1, 0.15) is 31.9 Å². The van der Waals surface area contributed by atoms with E-state index in [-0.39, 0.29) is 11.3 Å². The van der Waals surface area contributed by atoms with Crippen LogP contribution in [0, 0.1) is 0 Å².